The summed E-state index contributed by atoms with van der Waals surface area (Å²) in [4.78, 5) is 21.1. The fraction of sp³-hybridized carbons (Fsp3) is 0. The van der Waals surface area contributed by atoms with Crippen LogP contribution in [0.4, 0.5) is 32.8 Å². The zero-order chi connectivity index (χ0) is 24.9. The van der Waals surface area contributed by atoms with Crippen LogP contribution in [0.1, 0.15) is 15.9 Å². The predicted octanol–water partition coefficient (Wildman–Crippen LogP) is 6.38. The first-order valence-corrected chi connectivity index (χ1v) is 11.0. The molecule has 0 radical (unpaired) electrons. The summed E-state index contributed by atoms with van der Waals surface area (Å²) in [6.45, 7) is 0. The molecule has 3 N–H and O–H groups in total. The summed E-state index contributed by atoms with van der Waals surface area (Å²) in [6.07, 6.45) is 4.89. The predicted molar refractivity (Wildman–Crippen MR) is 138 cm³/mol. The number of nitriles is 1. The Morgan fingerprint density at radius 3 is 2.44 bits per heavy atom. The molecule has 5 rings (SSSR count). The van der Waals surface area contributed by atoms with Gasteiger partial charge in [0, 0.05) is 52.3 Å². The van der Waals surface area contributed by atoms with Crippen molar-refractivity contribution in [2.75, 3.05) is 16.0 Å². The Morgan fingerprint density at radius 2 is 1.64 bits per heavy atom. The van der Waals surface area contributed by atoms with Crippen molar-refractivity contribution in [2.24, 2.45) is 0 Å². The van der Waals surface area contributed by atoms with Gasteiger partial charge in [0.1, 0.15) is 5.82 Å². The van der Waals surface area contributed by atoms with Crippen LogP contribution in [0, 0.1) is 17.1 Å². The van der Waals surface area contributed by atoms with Gasteiger partial charge in [-0.1, -0.05) is 6.07 Å². The Bertz CT molecular complexity index is 1610. The van der Waals surface area contributed by atoms with Crippen LogP contribution >= 0.6 is 0 Å². The molecule has 5 aromatic rings. The highest BCUT2D eigenvalue weighted by molar-refractivity contribution is 6.05. The van der Waals surface area contributed by atoms with Gasteiger partial charge in [0.25, 0.3) is 5.91 Å². The van der Waals surface area contributed by atoms with Crippen LogP contribution in [0.25, 0.3) is 10.9 Å². The molecular weight excluding hydrogens is 455 g/mol. The second-order valence-corrected chi connectivity index (χ2v) is 7.92. The largest absolute Gasteiger partial charge is 0.355 e. The maximum Gasteiger partial charge on any atom is 0.255 e. The normalized spacial score (nSPS) is 10.4. The molecule has 0 saturated carbocycles. The number of carbonyl (C=O) groups excluding carboxylic acids is 1. The van der Waals surface area contributed by atoms with Crippen LogP contribution in [-0.2, 0) is 0 Å². The average molecular weight is 474 g/mol. The van der Waals surface area contributed by atoms with Crippen LogP contribution in [-0.4, -0.2) is 15.9 Å². The first kappa shape index (κ1) is 22.5. The third kappa shape index (κ3) is 4.95. The maximum atomic E-state index is 14.6. The molecule has 8 heteroatoms. The van der Waals surface area contributed by atoms with E-state index in [4.69, 9.17) is 0 Å². The molecule has 3 aromatic carbocycles. The van der Waals surface area contributed by atoms with Crippen molar-refractivity contribution in [3.63, 3.8) is 0 Å². The lowest BCUT2D eigenvalue weighted by molar-refractivity contribution is 0.102. The first-order chi connectivity index (χ1) is 17.6. The molecule has 7 nitrogen and oxygen atoms in total. The molecule has 36 heavy (non-hydrogen) atoms. The summed E-state index contributed by atoms with van der Waals surface area (Å²) < 4.78 is 14.6. The Labute approximate surface area is 206 Å². The van der Waals surface area contributed by atoms with E-state index in [1.807, 2.05) is 6.07 Å². The fourth-order valence-corrected chi connectivity index (χ4v) is 3.71. The molecule has 1 amide bonds. The number of carbonyl (C=O) groups is 1. The number of amides is 1. The molecule has 0 unspecified atom stereocenters. The number of benzene rings is 3. The van der Waals surface area contributed by atoms with Gasteiger partial charge in [0.15, 0.2) is 0 Å². The number of hydrogen-bond acceptors (Lipinski definition) is 6. The molecule has 0 aliphatic rings. The summed E-state index contributed by atoms with van der Waals surface area (Å²) in [5, 5.41) is 19.0. The molecular formula is C28H19FN6O. The van der Waals surface area contributed by atoms with Gasteiger partial charge in [0.2, 0.25) is 0 Å². The van der Waals surface area contributed by atoms with Gasteiger partial charge in [-0.15, -0.1) is 0 Å². The average Bonchev–Trinajstić information content (AvgIpc) is 2.91. The van der Waals surface area contributed by atoms with Crippen LogP contribution in [0.3, 0.4) is 0 Å². The summed E-state index contributed by atoms with van der Waals surface area (Å²) in [5.41, 5.74) is 4.44. The smallest absolute Gasteiger partial charge is 0.255 e. The fourth-order valence-electron chi connectivity index (χ4n) is 3.71. The van der Waals surface area contributed by atoms with E-state index >= 15 is 0 Å². The van der Waals surface area contributed by atoms with E-state index in [1.54, 1.807) is 85.3 Å². The van der Waals surface area contributed by atoms with E-state index < -0.39 is 5.82 Å². The first-order valence-electron chi connectivity index (χ1n) is 11.0. The second-order valence-electron chi connectivity index (χ2n) is 7.92. The number of hydrogen-bond donors (Lipinski definition) is 3. The van der Waals surface area contributed by atoms with Crippen molar-refractivity contribution in [2.45, 2.75) is 0 Å². The van der Waals surface area contributed by atoms with Crippen molar-refractivity contribution < 1.29 is 9.18 Å². The summed E-state index contributed by atoms with van der Waals surface area (Å²) in [6, 6.07) is 24.1. The number of pyridine rings is 2. The minimum absolute atomic E-state index is 0.287. The molecule has 0 spiro atoms. The quantitative estimate of drug-likeness (QED) is 0.264. The minimum Gasteiger partial charge on any atom is -0.355 e. The Balaban J connectivity index is 1.32. The number of nitrogens with one attached hydrogen (secondary N) is 3. The Morgan fingerprint density at radius 1 is 0.806 bits per heavy atom. The highest BCUT2D eigenvalue weighted by atomic mass is 19.1. The topological polar surface area (TPSA) is 103 Å². The minimum atomic E-state index is -0.499. The SMILES string of the molecule is N#Cc1ccc2nccc(Nc3cccc(C(=O)Nc4ccc(Nc5ccncc5)c(F)c4)c3)c2c1. The Hall–Kier alpha value is -5.29. The van der Waals surface area contributed by atoms with Gasteiger partial charge in [-0.25, -0.2) is 4.39 Å². The number of rotatable bonds is 6. The van der Waals surface area contributed by atoms with Crippen LogP contribution in [0.2, 0.25) is 0 Å². The lowest BCUT2D eigenvalue weighted by Crippen LogP contribution is -2.12. The van der Waals surface area contributed by atoms with E-state index in [-0.39, 0.29) is 11.6 Å². The lowest BCUT2D eigenvalue weighted by atomic mass is 10.1. The maximum absolute atomic E-state index is 14.6. The van der Waals surface area contributed by atoms with E-state index in [0.29, 0.717) is 28.2 Å². The van der Waals surface area contributed by atoms with Crippen molar-refractivity contribution >= 4 is 45.2 Å². The van der Waals surface area contributed by atoms with Crippen LogP contribution < -0.4 is 16.0 Å². The van der Waals surface area contributed by atoms with Gasteiger partial charge in [-0.2, -0.15) is 5.26 Å². The number of aromatic nitrogens is 2. The molecule has 0 aliphatic heterocycles. The van der Waals surface area contributed by atoms with Gasteiger partial charge in [0.05, 0.1) is 22.8 Å². The molecule has 174 valence electrons. The summed E-state index contributed by atoms with van der Waals surface area (Å²) in [7, 11) is 0. The molecule has 2 aromatic heterocycles. The molecule has 0 aliphatic carbocycles. The van der Waals surface area contributed by atoms with E-state index in [9.17, 15) is 14.4 Å². The molecule has 0 bridgehead atoms. The molecule has 0 saturated heterocycles. The molecule has 2 heterocycles. The highest BCUT2D eigenvalue weighted by Gasteiger charge is 2.11. The third-order valence-corrected chi connectivity index (χ3v) is 5.46. The second kappa shape index (κ2) is 9.91. The van der Waals surface area contributed by atoms with E-state index in [2.05, 4.69) is 32.0 Å². The standard InChI is InChI=1S/C28H19FN6O/c29-24-16-22(5-7-27(24)33-20-8-11-31-12-9-20)35-28(36)19-2-1-3-21(15-19)34-26-10-13-32-25-6-4-18(17-30)14-23(25)26/h1-16H,(H,31,33)(H,32,34)(H,35,36). The summed E-state index contributed by atoms with van der Waals surface area (Å²) >= 11 is 0. The zero-order valence-corrected chi connectivity index (χ0v) is 18.9. The van der Waals surface area contributed by atoms with Gasteiger partial charge in [-0.3, -0.25) is 14.8 Å². The van der Waals surface area contributed by atoms with Crippen LogP contribution in [0.5, 0.6) is 0 Å². The van der Waals surface area contributed by atoms with Crippen molar-refractivity contribution in [3.8, 4) is 6.07 Å². The van der Waals surface area contributed by atoms with Gasteiger partial charge in [-0.05, 0) is 72.8 Å². The van der Waals surface area contributed by atoms with Crippen molar-refractivity contribution in [3.05, 3.63) is 114 Å². The molecule has 0 fully saturated rings. The van der Waals surface area contributed by atoms with Gasteiger partial charge < -0.3 is 16.0 Å². The van der Waals surface area contributed by atoms with Crippen LogP contribution in [0.15, 0.2) is 97.5 Å². The summed E-state index contributed by atoms with van der Waals surface area (Å²) in [5.74, 6) is -0.874. The van der Waals surface area contributed by atoms with E-state index in [0.717, 1.165) is 16.6 Å². The lowest BCUT2D eigenvalue weighted by Gasteiger charge is -2.12. The molecule has 0 atom stereocenters. The Kier molecular flexibility index (Phi) is 6.19. The zero-order valence-electron chi connectivity index (χ0n) is 18.9. The van der Waals surface area contributed by atoms with Crippen molar-refractivity contribution in [1.82, 2.24) is 9.97 Å². The number of nitrogens with zero attached hydrogens (tertiary/aromatic N) is 3. The number of anilines is 5. The number of fused-ring (bicyclic) bond motifs is 1. The van der Waals surface area contributed by atoms with E-state index in [1.165, 1.54) is 6.07 Å². The highest BCUT2D eigenvalue weighted by Crippen LogP contribution is 2.27. The van der Waals surface area contributed by atoms with Gasteiger partial charge >= 0.3 is 0 Å². The van der Waals surface area contributed by atoms with Crippen molar-refractivity contribution in [1.29, 1.82) is 5.26 Å². The number of halogens is 1. The third-order valence-electron chi connectivity index (χ3n) is 5.46. The monoisotopic (exact) mass is 474 g/mol.